The number of alkyl halides is 3. The topological polar surface area (TPSA) is 96.5 Å². The van der Waals surface area contributed by atoms with Crippen molar-refractivity contribution in [3.05, 3.63) is 52.8 Å². The molecule has 3 N–H and O–H groups in total. The second kappa shape index (κ2) is 15.5. The number of aromatic amines is 1. The van der Waals surface area contributed by atoms with Crippen LogP contribution in [0.25, 0.3) is 11.0 Å². The molecule has 1 saturated heterocycles. The largest absolute Gasteiger partial charge is 0.491 e. The molecule has 3 aromatic rings. The molecule has 5 rings (SSSR count). The number of fused-ring (bicyclic) bond motifs is 1. The molecule has 0 spiro atoms. The van der Waals surface area contributed by atoms with Gasteiger partial charge in [0.25, 0.3) is 0 Å². The van der Waals surface area contributed by atoms with Gasteiger partial charge in [0, 0.05) is 5.02 Å². The van der Waals surface area contributed by atoms with Gasteiger partial charge < -0.3 is 24.9 Å². The normalized spacial score (nSPS) is 16.6. The van der Waals surface area contributed by atoms with E-state index in [1.807, 2.05) is 24.3 Å². The van der Waals surface area contributed by atoms with E-state index in [4.69, 9.17) is 36.0 Å². The van der Waals surface area contributed by atoms with E-state index in [2.05, 4.69) is 22.4 Å². The number of carboxylic acids is 1. The van der Waals surface area contributed by atoms with Gasteiger partial charge in [0.2, 0.25) is 0 Å². The summed E-state index contributed by atoms with van der Waals surface area (Å²) in [7, 11) is 0. The number of piperidine rings is 1. The van der Waals surface area contributed by atoms with Crippen molar-refractivity contribution in [3.8, 4) is 11.5 Å². The third kappa shape index (κ3) is 9.80. The van der Waals surface area contributed by atoms with Gasteiger partial charge in [-0.2, -0.15) is 13.2 Å². The molecular weight excluding hydrogens is 571 g/mol. The van der Waals surface area contributed by atoms with Crippen molar-refractivity contribution in [1.82, 2.24) is 15.3 Å². The van der Waals surface area contributed by atoms with Gasteiger partial charge in [-0.05, 0) is 99.3 Å². The average molecular weight is 610 g/mol. The van der Waals surface area contributed by atoms with E-state index in [1.165, 1.54) is 76.4 Å². The first kappa shape index (κ1) is 31.9. The SMILES string of the molecule is Clc1ccc(OCc2nc3c(OCC4CCCCC4)c(CCCC4CCNCC4)ccc3[nH]2)cc1.O=C(O)C(F)(F)F. The van der Waals surface area contributed by atoms with E-state index in [-0.39, 0.29) is 0 Å². The van der Waals surface area contributed by atoms with Crippen molar-refractivity contribution >= 4 is 28.6 Å². The Bertz CT molecular complexity index is 1270. The fraction of sp³-hybridized carbons (Fsp3) is 0.548. The zero-order valence-corrected chi connectivity index (χ0v) is 24.4. The first-order valence-electron chi connectivity index (χ1n) is 14.7. The number of ether oxygens (including phenoxy) is 2. The lowest BCUT2D eigenvalue weighted by Crippen LogP contribution is -2.27. The monoisotopic (exact) mass is 609 g/mol. The molecule has 1 saturated carbocycles. The maximum atomic E-state index is 10.6. The quantitative estimate of drug-likeness (QED) is 0.218. The number of aryl methyl sites for hydroxylation is 1. The van der Waals surface area contributed by atoms with Gasteiger partial charge in [0.15, 0.2) is 0 Å². The third-order valence-electron chi connectivity index (χ3n) is 7.88. The fourth-order valence-corrected chi connectivity index (χ4v) is 5.68. The molecule has 0 radical (unpaired) electrons. The Morgan fingerprint density at radius 1 is 0.976 bits per heavy atom. The summed E-state index contributed by atoms with van der Waals surface area (Å²) in [6.07, 6.45) is 7.65. The fourth-order valence-electron chi connectivity index (χ4n) is 5.56. The Hall–Kier alpha value is -2.98. The number of nitrogens with zero attached hydrogens (tertiary/aromatic N) is 1. The Balaban J connectivity index is 0.000000517. The van der Waals surface area contributed by atoms with Crippen LogP contribution < -0.4 is 14.8 Å². The molecule has 0 atom stereocenters. The molecule has 2 aromatic carbocycles. The van der Waals surface area contributed by atoms with Crippen molar-refractivity contribution < 1.29 is 32.5 Å². The number of aromatic nitrogens is 2. The van der Waals surface area contributed by atoms with Crippen molar-refractivity contribution in [2.24, 2.45) is 11.8 Å². The predicted octanol–water partition coefficient (Wildman–Crippen LogP) is 7.71. The summed E-state index contributed by atoms with van der Waals surface area (Å²) in [5, 5.41) is 11.3. The van der Waals surface area contributed by atoms with Gasteiger partial charge >= 0.3 is 12.1 Å². The minimum absolute atomic E-state index is 0.378. The molecule has 0 bridgehead atoms. The average Bonchev–Trinajstić information content (AvgIpc) is 3.40. The van der Waals surface area contributed by atoms with Gasteiger partial charge in [0.1, 0.15) is 29.4 Å². The maximum Gasteiger partial charge on any atom is 0.490 e. The Labute approximate surface area is 249 Å². The van der Waals surface area contributed by atoms with Crippen LogP contribution in [0, 0.1) is 11.8 Å². The molecule has 1 aliphatic carbocycles. The molecular formula is C31H39ClF3N3O4. The molecule has 1 aromatic heterocycles. The van der Waals surface area contributed by atoms with Gasteiger partial charge in [-0.3, -0.25) is 0 Å². The van der Waals surface area contributed by atoms with Crippen molar-refractivity contribution in [3.63, 3.8) is 0 Å². The van der Waals surface area contributed by atoms with Gasteiger partial charge in [-0.25, -0.2) is 9.78 Å². The van der Waals surface area contributed by atoms with Crippen LogP contribution in [0.15, 0.2) is 36.4 Å². The number of nitrogens with one attached hydrogen (secondary N) is 2. The summed E-state index contributed by atoms with van der Waals surface area (Å²) < 4.78 is 44.2. The Kier molecular flexibility index (Phi) is 11.8. The lowest BCUT2D eigenvalue weighted by molar-refractivity contribution is -0.192. The first-order valence-corrected chi connectivity index (χ1v) is 15.1. The van der Waals surface area contributed by atoms with E-state index in [1.54, 1.807) is 0 Å². The highest BCUT2D eigenvalue weighted by atomic mass is 35.5. The molecule has 2 fully saturated rings. The van der Waals surface area contributed by atoms with Crippen LogP contribution >= 0.6 is 11.6 Å². The molecule has 7 nitrogen and oxygen atoms in total. The number of rotatable bonds is 10. The number of benzene rings is 2. The van der Waals surface area contributed by atoms with E-state index in [9.17, 15) is 13.2 Å². The van der Waals surface area contributed by atoms with Crippen LogP contribution in [0.1, 0.15) is 69.2 Å². The molecule has 0 unspecified atom stereocenters. The van der Waals surface area contributed by atoms with Crippen molar-refractivity contribution in [2.45, 2.75) is 77.0 Å². The zero-order valence-electron chi connectivity index (χ0n) is 23.6. The van der Waals surface area contributed by atoms with E-state index in [0.717, 1.165) is 47.3 Å². The molecule has 42 heavy (non-hydrogen) atoms. The molecule has 11 heteroatoms. The number of imidazole rings is 1. The molecule has 2 aliphatic rings. The second-order valence-electron chi connectivity index (χ2n) is 11.1. The second-order valence-corrected chi connectivity index (χ2v) is 11.5. The minimum Gasteiger partial charge on any atom is -0.491 e. The van der Waals surface area contributed by atoms with Gasteiger partial charge in [-0.1, -0.05) is 43.4 Å². The number of carbonyl (C=O) groups is 1. The van der Waals surface area contributed by atoms with Crippen molar-refractivity contribution in [1.29, 1.82) is 0 Å². The number of hydrogen-bond acceptors (Lipinski definition) is 5. The van der Waals surface area contributed by atoms with Crippen LogP contribution in [0.2, 0.25) is 5.02 Å². The zero-order chi connectivity index (χ0) is 30.0. The molecule has 230 valence electrons. The molecule has 0 amide bonds. The highest BCUT2D eigenvalue weighted by Crippen LogP contribution is 2.33. The van der Waals surface area contributed by atoms with Crippen LogP contribution in [-0.4, -0.2) is 46.9 Å². The predicted molar refractivity (Wildman–Crippen MR) is 156 cm³/mol. The van der Waals surface area contributed by atoms with Crippen LogP contribution in [0.5, 0.6) is 11.5 Å². The van der Waals surface area contributed by atoms with E-state index in [0.29, 0.717) is 17.5 Å². The molecule has 1 aliphatic heterocycles. The highest BCUT2D eigenvalue weighted by Gasteiger charge is 2.38. The summed E-state index contributed by atoms with van der Waals surface area (Å²) in [6, 6.07) is 11.8. The van der Waals surface area contributed by atoms with E-state index < -0.39 is 12.1 Å². The standard InChI is InChI=1S/C29H38ClN3O2.C2HF3O2/c30-24-10-12-25(13-11-24)34-20-27-32-26-14-9-23(8-4-7-21-15-17-31-18-16-21)29(28(26)33-27)35-19-22-5-2-1-3-6-22;3-2(4,5)1(6)7/h9-14,21-22,31H,1-8,15-20H2,(H,32,33);(H,6,7). The summed E-state index contributed by atoms with van der Waals surface area (Å²) in [5.74, 6) is 1.33. The Morgan fingerprint density at radius 2 is 1.67 bits per heavy atom. The number of halogens is 4. The molecule has 2 heterocycles. The number of H-pyrrole nitrogens is 1. The van der Waals surface area contributed by atoms with Crippen LogP contribution in [0.3, 0.4) is 0 Å². The summed E-state index contributed by atoms with van der Waals surface area (Å²) >= 11 is 5.99. The lowest BCUT2D eigenvalue weighted by atomic mass is 9.90. The Morgan fingerprint density at radius 3 is 2.33 bits per heavy atom. The van der Waals surface area contributed by atoms with Gasteiger partial charge in [0.05, 0.1) is 12.1 Å². The number of aliphatic carboxylic acids is 1. The number of carboxylic acid groups (broad SMARTS) is 1. The minimum atomic E-state index is -5.08. The van der Waals surface area contributed by atoms with Crippen LogP contribution in [0.4, 0.5) is 13.2 Å². The van der Waals surface area contributed by atoms with E-state index >= 15 is 0 Å². The first-order chi connectivity index (χ1) is 20.2. The summed E-state index contributed by atoms with van der Waals surface area (Å²) in [4.78, 5) is 17.3. The van der Waals surface area contributed by atoms with Gasteiger partial charge in [-0.15, -0.1) is 0 Å². The van der Waals surface area contributed by atoms with Crippen LogP contribution in [-0.2, 0) is 17.8 Å². The third-order valence-corrected chi connectivity index (χ3v) is 8.13. The maximum absolute atomic E-state index is 10.6. The summed E-state index contributed by atoms with van der Waals surface area (Å²) in [5.41, 5.74) is 3.24. The lowest BCUT2D eigenvalue weighted by Gasteiger charge is -2.23. The summed E-state index contributed by atoms with van der Waals surface area (Å²) in [6.45, 7) is 3.51. The van der Waals surface area contributed by atoms with Crippen molar-refractivity contribution in [2.75, 3.05) is 19.7 Å². The number of hydrogen-bond donors (Lipinski definition) is 3. The highest BCUT2D eigenvalue weighted by molar-refractivity contribution is 6.30. The smallest absolute Gasteiger partial charge is 0.490 e.